The molecule has 2 atom stereocenters. The van der Waals surface area contributed by atoms with Crippen molar-refractivity contribution in [2.75, 3.05) is 20.1 Å². The normalized spacial score (nSPS) is 28.3. The summed E-state index contributed by atoms with van der Waals surface area (Å²) >= 11 is 5.93. The summed E-state index contributed by atoms with van der Waals surface area (Å²) in [5.41, 5.74) is 0.0814. The van der Waals surface area contributed by atoms with Crippen LogP contribution in [0.4, 0.5) is 0 Å². The van der Waals surface area contributed by atoms with Crippen LogP contribution in [0.1, 0.15) is 33.6 Å². The fourth-order valence-corrected chi connectivity index (χ4v) is 2.29. The van der Waals surface area contributed by atoms with E-state index in [0.717, 1.165) is 13.1 Å². The van der Waals surface area contributed by atoms with E-state index in [4.69, 9.17) is 16.3 Å². The summed E-state index contributed by atoms with van der Waals surface area (Å²) in [6.45, 7) is 8.29. The average Bonchev–Trinajstić information content (AvgIpc) is 2.27. The molecule has 1 aliphatic heterocycles. The molecule has 0 radical (unpaired) electrons. The maximum Gasteiger partial charge on any atom is 0.0710 e. The number of ether oxygens (including phenoxy) is 1. The van der Waals surface area contributed by atoms with E-state index in [0.29, 0.717) is 6.10 Å². The van der Waals surface area contributed by atoms with Gasteiger partial charge in [-0.05, 0) is 40.7 Å². The lowest BCUT2D eigenvalue weighted by atomic mass is 10.1. The largest absolute Gasteiger partial charge is 0.371 e. The van der Waals surface area contributed by atoms with Gasteiger partial charge in [0.05, 0.1) is 11.7 Å². The number of nitrogens with zero attached hydrogens (tertiary/aromatic N) is 1. The van der Waals surface area contributed by atoms with Crippen molar-refractivity contribution in [3.63, 3.8) is 0 Å². The lowest BCUT2D eigenvalue weighted by molar-refractivity contribution is -0.0258. The fourth-order valence-electron chi connectivity index (χ4n) is 2.06. The molecule has 0 aromatic carbocycles. The fraction of sp³-hybridized carbons (Fsp3) is 1.00. The molecule has 0 aromatic heterocycles. The molecule has 0 aromatic rings. The van der Waals surface area contributed by atoms with Gasteiger partial charge in [-0.1, -0.05) is 0 Å². The molecule has 1 rings (SSSR count). The van der Waals surface area contributed by atoms with Crippen molar-refractivity contribution in [1.29, 1.82) is 0 Å². The maximum absolute atomic E-state index is 5.93. The molecule has 3 heteroatoms. The molecule has 2 nitrogen and oxygen atoms in total. The van der Waals surface area contributed by atoms with Crippen LogP contribution < -0.4 is 0 Å². The van der Waals surface area contributed by atoms with Crippen LogP contribution in [0.5, 0.6) is 0 Å². The minimum atomic E-state index is 0.0814. The molecular formula is C11H22ClNO. The molecule has 2 unspecified atom stereocenters. The standard InChI is InChI=1S/C11H22ClNO/c1-9(12)7-13(4)8-10-5-6-11(2,3)14-10/h9-10H,5-8H2,1-4H3. The second-order valence-corrected chi connectivity index (χ2v) is 5.79. The first kappa shape index (κ1) is 12.3. The molecule has 0 aliphatic carbocycles. The molecule has 0 N–H and O–H groups in total. The first-order valence-corrected chi connectivity index (χ1v) is 5.83. The summed E-state index contributed by atoms with van der Waals surface area (Å²) in [4.78, 5) is 2.25. The number of likely N-dealkylation sites (N-methyl/N-ethyl adjacent to an activating group) is 1. The quantitative estimate of drug-likeness (QED) is 0.674. The Morgan fingerprint density at radius 3 is 2.64 bits per heavy atom. The van der Waals surface area contributed by atoms with Gasteiger partial charge in [0.25, 0.3) is 0 Å². The van der Waals surface area contributed by atoms with Gasteiger partial charge in [0.2, 0.25) is 0 Å². The highest BCUT2D eigenvalue weighted by atomic mass is 35.5. The molecule has 1 saturated heterocycles. The number of halogens is 1. The van der Waals surface area contributed by atoms with Crippen LogP contribution >= 0.6 is 11.6 Å². The van der Waals surface area contributed by atoms with Crippen LogP contribution in [-0.4, -0.2) is 42.1 Å². The zero-order chi connectivity index (χ0) is 10.8. The molecule has 0 amide bonds. The van der Waals surface area contributed by atoms with E-state index in [2.05, 4.69) is 25.8 Å². The lowest BCUT2D eigenvalue weighted by Crippen LogP contribution is -2.33. The maximum atomic E-state index is 5.93. The van der Waals surface area contributed by atoms with E-state index in [9.17, 15) is 0 Å². The van der Waals surface area contributed by atoms with Crippen molar-refractivity contribution in [3.8, 4) is 0 Å². The van der Waals surface area contributed by atoms with Gasteiger partial charge >= 0.3 is 0 Å². The Morgan fingerprint density at radius 2 is 2.21 bits per heavy atom. The molecule has 0 spiro atoms. The van der Waals surface area contributed by atoms with Gasteiger partial charge in [-0.2, -0.15) is 0 Å². The molecule has 1 fully saturated rings. The van der Waals surface area contributed by atoms with Crippen molar-refractivity contribution < 1.29 is 4.74 Å². The Kier molecular flexibility index (Phi) is 4.23. The molecule has 1 aliphatic rings. The molecule has 0 bridgehead atoms. The van der Waals surface area contributed by atoms with E-state index in [1.807, 2.05) is 6.92 Å². The van der Waals surface area contributed by atoms with Gasteiger partial charge in [-0.25, -0.2) is 0 Å². The highest BCUT2D eigenvalue weighted by Gasteiger charge is 2.31. The number of alkyl halides is 1. The number of rotatable bonds is 4. The van der Waals surface area contributed by atoms with Crippen molar-refractivity contribution in [3.05, 3.63) is 0 Å². The minimum Gasteiger partial charge on any atom is -0.371 e. The van der Waals surface area contributed by atoms with Gasteiger partial charge in [0.1, 0.15) is 0 Å². The van der Waals surface area contributed by atoms with Crippen LogP contribution in [0.25, 0.3) is 0 Å². The molecule has 84 valence electrons. The van der Waals surface area contributed by atoms with Gasteiger partial charge in [-0.15, -0.1) is 11.6 Å². The summed E-state index contributed by atoms with van der Waals surface area (Å²) in [6, 6.07) is 0. The van der Waals surface area contributed by atoms with Crippen LogP contribution in [0.15, 0.2) is 0 Å². The lowest BCUT2D eigenvalue weighted by Gasteiger charge is -2.24. The third-order valence-corrected chi connectivity index (χ3v) is 2.77. The topological polar surface area (TPSA) is 12.5 Å². The van der Waals surface area contributed by atoms with Crippen LogP contribution in [0, 0.1) is 0 Å². The minimum absolute atomic E-state index is 0.0814. The third kappa shape index (κ3) is 4.16. The Hall–Kier alpha value is 0.210. The molecule has 0 saturated carbocycles. The number of hydrogen-bond donors (Lipinski definition) is 0. The van der Waals surface area contributed by atoms with E-state index < -0.39 is 0 Å². The molecule has 1 heterocycles. The SMILES string of the molecule is CC(Cl)CN(C)CC1CCC(C)(C)O1. The van der Waals surface area contributed by atoms with Gasteiger partial charge in [0, 0.05) is 18.5 Å². The van der Waals surface area contributed by atoms with Crippen molar-refractivity contribution >= 4 is 11.6 Å². The van der Waals surface area contributed by atoms with Crippen LogP contribution in [0.2, 0.25) is 0 Å². The number of hydrogen-bond acceptors (Lipinski definition) is 2. The summed E-state index contributed by atoms with van der Waals surface area (Å²) in [7, 11) is 2.10. The monoisotopic (exact) mass is 219 g/mol. The van der Waals surface area contributed by atoms with Crippen molar-refractivity contribution in [2.24, 2.45) is 0 Å². The van der Waals surface area contributed by atoms with Gasteiger partial charge < -0.3 is 9.64 Å². The summed E-state index contributed by atoms with van der Waals surface area (Å²) in [5, 5.41) is 0.217. The van der Waals surface area contributed by atoms with E-state index in [1.54, 1.807) is 0 Å². The van der Waals surface area contributed by atoms with Crippen molar-refractivity contribution in [1.82, 2.24) is 4.90 Å². The Balaban J connectivity index is 2.25. The average molecular weight is 220 g/mol. The van der Waals surface area contributed by atoms with Crippen LogP contribution in [0.3, 0.4) is 0 Å². The van der Waals surface area contributed by atoms with Crippen molar-refractivity contribution in [2.45, 2.75) is 50.7 Å². The predicted octanol–water partition coefficient (Wildman–Crippen LogP) is 2.50. The highest BCUT2D eigenvalue weighted by molar-refractivity contribution is 6.20. The predicted molar refractivity (Wildman–Crippen MR) is 61.0 cm³/mol. The highest BCUT2D eigenvalue weighted by Crippen LogP contribution is 2.29. The second-order valence-electron chi connectivity index (χ2n) is 5.04. The zero-order valence-corrected chi connectivity index (χ0v) is 10.5. The molecular weight excluding hydrogens is 198 g/mol. The van der Waals surface area contributed by atoms with Gasteiger partial charge in [0.15, 0.2) is 0 Å². The summed E-state index contributed by atoms with van der Waals surface area (Å²) in [5.74, 6) is 0. The van der Waals surface area contributed by atoms with Crippen LogP contribution in [-0.2, 0) is 4.74 Å². The Labute approximate surface area is 92.6 Å². The van der Waals surface area contributed by atoms with E-state index >= 15 is 0 Å². The first-order valence-electron chi connectivity index (χ1n) is 5.39. The molecule has 14 heavy (non-hydrogen) atoms. The second kappa shape index (κ2) is 4.82. The third-order valence-electron chi connectivity index (χ3n) is 2.63. The zero-order valence-electron chi connectivity index (χ0n) is 9.72. The van der Waals surface area contributed by atoms with E-state index in [-0.39, 0.29) is 11.0 Å². The van der Waals surface area contributed by atoms with Gasteiger partial charge in [-0.3, -0.25) is 0 Å². The Morgan fingerprint density at radius 1 is 1.57 bits per heavy atom. The Bertz CT molecular complexity index is 182. The first-order chi connectivity index (χ1) is 6.39. The smallest absolute Gasteiger partial charge is 0.0710 e. The summed E-state index contributed by atoms with van der Waals surface area (Å²) < 4.78 is 5.92. The summed E-state index contributed by atoms with van der Waals surface area (Å²) in [6.07, 6.45) is 2.74. The van der Waals surface area contributed by atoms with E-state index in [1.165, 1.54) is 12.8 Å².